The first-order valence-corrected chi connectivity index (χ1v) is 8.02. The number of rotatable bonds is 3. The molecule has 3 aromatic rings. The van der Waals surface area contributed by atoms with Crippen molar-refractivity contribution in [3.8, 4) is 0 Å². The van der Waals surface area contributed by atoms with Gasteiger partial charge in [0.2, 0.25) is 0 Å². The lowest BCUT2D eigenvalue weighted by Gasteiger charge is -2.14. The number of halogens is 7. The third-order valence-electron chi connectivity index (χ3n) is 3.74. The normalized spacial score (nSPS) is 12.4. The number of benzene rings is 1. The lowest BCUT2D eigenvalue weighted by atomic mass is 10.0. The van der Waals surface area contributed by atoms with E-state index in [0.717, 1.165) is 0 Å². The molecule has 0 fully saturated rings. The van der Waals surface area contributed by atoms with E-state index in [9.17, 15) is 31.1 Å². The molecule has 0 unspecified atom stereocenters. The number of aromatic nitrogens is 2. The summed E-state index contributed by atoms with van der Waals surface area (Å²) in [5.41, 5.74) is -3.02. The molecule has 28 heavy (non-hydrogen) atoms. The van der Waals surface area contributed by atoms with Crippen LogP contribution >= 0.6 is 11.6 Å². The van der Waals surface area contributed by atoms with Crippen molar-refractivity contribution in [2.75, 3.05) is 0 Å². The molecule has 0 saturated carbocycles. The fourth-order valence-corrected chi connectivity index (χ4v) is 2.63. The monoisotopic (exact) mass is 421 g/mol. The molecule has 0 spiro atoms. The minimum absolute atomic E-state index is 0.0391. The highest BCUT2D eigenvalue weighted by molar-refractivity contribution is 6.30. The fourth-order valence-electron chi connectivity index (χ4n) is 2.46. The highest BCUT2D eigenvalue weighted by atomic mass is 35.5. The molecule has 0 atom stereocenters. The molecule has 0 aliphatic rings. The van der Waals surface area contributed by atoms with E-state index in [4.69, 9.17) is 11.6 Å². The topological polar surface area (TPSA) is 46.4 Å². The maximum Gasteiger partial charge on any atom is 0.416 e. The third kappa shape index (κ3) is 4.38. The van der Waals surface area contributed by atoms with Crippen molar-refractivity contribution in [3.05, 3.63) is 70.1 Å². The van der Waals surface area contributed by atoms with Crippen molar-refractivity contribution < 1.29 is 31.1 Å². The van der Waals surface area contributed by atoms with Gasteiger partial charge in [0, 0.05) is 18.0 Å². The third-order valence-corrected chi connectivity index (χ3v) is 3.97. The van der Waals surface area contributed by atoms with E-state index >= 15 is 0 Å². The summed E-state index contributed by atoms with van der Waals surface area (Å²) in [6, 6.07) is 3.90. The number of imidazole rings is 1. The Hall–Kier alpha value is -2.75. The van der Waals surface area contributed by atoms with E-state index in [1.165, 1.54) is 6.20 Å². The van der Waals surface area contributed by atoms with Crippen LogP contribution < -0.4 is 5.32 Å². The van der Waals surface area contributed by atoms with Crippen LogP contribution in [0.4, 0.5) is 26.3 Å². The quantitative estimate of drug-likeness (QED) is 0.608. The molecule has 4 nitrogen and oxygen atoms in total. The molecule has 11 heteroatoms. The smallest absolute Gasteiger partial charge is 0.346 e. The van der Waals surface area contributed by atoms with E-state index in [2.05, 4.69) is 10.3 Å². The predicted molar refractivity (Wildman–Crippen MR) is 87.8 cm³/mol. The van der Waals surface area contributed by atoms with Crippen LogP contribution in [0.2, 0.25) is 5.02 Å². The van der Waals surface area contributed by atoms with E-state index in [1.807, 2.05) is 0 Å². The summed E-state index contributed by atoms with van der Waals surface area (Å²) < 4.78 is 78.8. The highest BCUT2D eigenvalue weighted by Crippen LogP contribution is 2.36. The van der Waals surface area contributed by atoms with Crippen LogP contribution in [0.3, 0.4) is 0 Å². The first-order valence-electron chi connectivity index (χ1n) is 7.64. The molecule has 1 N–H and O–H groups in total. The van der Waals surface area contributed by atoms with Crippen LogP contribution in [-0.4, -0.2) is 15.3 Å². The van der Waals surface area contributed by atoms with Gasteiger partial charge in [-0.05, 0) is 30.3 Å². The minimum Gasteiger partial charge on any atom is -0.346 e. The van der Waals surface area contributed by atoms with E-state index in [0.29, 0.717) is 28.5 Å². The van der Waals surface area contributed by atoms with Gasteiger partial charge in [-0.3, -0.25) is 4.79 Å². The van der Waals surface area contributed by atoms with E-state index in [1.54, 1.807) is 22.7 Å². The average molecular weight is 422 g/mol. The number of carbonyl (C=O) groups is 1. The largest absolute Gasteiger partial charge is 0.416 e. The maximum absolute atomic E-state index is 12.9. The van der Waals surface area contributed by atoms with Crippen molar-refractivity contribution in [3.63, 3.8) is 0 Å². The number of alkyl halides is 6. The fraction of sp³-hybridized carbons (Fsp3) is 0.176. The summed E-state index contributed by atoms with van der Waals surface area (Å²) in [5.74, 6) is -1.09. The summed E-state index contributed by atoms with van der Waals surface area (Å²) >= 11 is 5.84. The van der Waals surface area contributed by atoms with Crippen molar-refractivity contribution in [2.24, 2.45) is 0 Å². The molecule has 3 rings (SSSR count). The zero-order valence-corrected chi connectivity index (χ0v) is 14.5. The van der Waals surface area contributed by atoms with E-state index < -0.39 is 35.0 Å². The molecular formula is C17H10ClF6N3O. The van der Waals surface area contributed by atoms with Gasteiger partial charge >= 0.3 is 12.4 Å². The second kappa shape index (κ2) is 7.01. The Morgan fingerprint density at radius 1 is 1.00 bits per heavy atom. The van der Waals surface area contributed by atoms with Gasteiger partial charge in [-0.15, -0.1) is 0 Å². The Labute approximate surface area is 158 Å². The molecule has 1 aromatic carbocycles. The zero-order valence-electron chi connectivity index (χ0n) is 13.7. The van der Waals surface area contributed by atoms with Crippen LogP contribution in [0, 0.1) is 0 Å². The van der Waals surface area contributed by atoms with Gasteiger partial charge in [0.05, 0.1) is 28.4 Å². The van der Waals surface area contributed by atoms with Crippen LogP contribution in [0.5, 0.6) is 0 Å². The van der Waals surface area contributed by atoms with Crippen LogP contribution in [0.1, 0.15) is 27.2 Å². The molecule has 2 aromatic heterocycles. The van der Waals surface area contributed by atoms with Gasteiger partial charge in [-0.1, -0.05) is 11.6 Å². The van der Waals surface area contributed by atoms with Gasteiger partial charge < -0.3 is 9.72 Å². The summed E-state index contributed by atoms with van der Waals surface area (Å²) in [4.78, 5) is 16.3. The second-order valence-corrected chi connectivity index (χ2v) is 6.26. The molecule has 2 heterocycles. The van der Waals surface area contributed by atoms with E-state index in [-0.39, 0.29) is 12.6 Å². The molecule has 148 valence electrons. The molecule has 0 aliphatic carbocycles. The Balaban J connectivity index is 1.84. The number of fused-ring (bicyclic) bond motifs is 1. The van der Waals surface area contributed by atoms with Gasteiger partial charge in [0.1, 0.15) is 5.65 Å². The summed E-state index contributed by atoms with van der Waals surface area (Å²) in [5, 5.41) is 2.70. The first kappa shape index (κ1) is 20.0. The Bertz CT molecular complexity index is 1010. The molecule has 0 saturated heterocycles. The van der Waals surface area contributed by atoms with Crippen LogP contribution in [0.15, 0.2) is 42.7 Å². The number of carbonyl (C=O) groups excluding carboxylic acids is 1. The summed E-state index contributed by atoms with van der Waals surface area (Å²) in [6.07, 6.45) is -6.99. The van der Waals surface area contributed by atoms with Crippen molar-refractivity contribution in [1.82, 2.24) is 14.7 Å². The van der Waals surface area contributed by atoms with Crippen molar-refractivity contribution >= 4 is 23.2 Å². The van der Waals surface area contributed by atoms with Crippen molar-refractivity contribution in [1.29, 1.82) is 0 Å². The minimum atomic E-state index is -5.03. The molecule has 0 bridgehead atoms. The molecule has 0 aliphatic heterocycles. The number of amides is 1. The highest BCUT2D eigenvalue weighted by Gasteiger charge is 2.37. The van der Waals surface area contributed by atoms with Crippen LogP contribution in [0.25, 0.3) is 5.65 Å². The van der Waals surface area contributed by atoms with Crippen LogP contribution in [-0.2, 0) is 18.9 Å². The lowest BCUT2D eigenvalue weighted by Crippen LogP contribution is -2.24. The standard InChI is InChI=1S/C17H10ClF6N3O/c18-12-1-2-14-26-13(8-27(14)7-12)6-25-15(28)9-3-10(16(19,20)21)5-11(4-9)17(22,23)24/h1-5,7-8H,6H2,(H,25,28). The second-order valence-electron chi connectivity index (χ2n) is 5.82. The number of nitrogens with zero attached hydrogens (tertiary/aromatic N) is 2. The molecule has 1 amide bonds. The number of hydrogen-bond acceptors (Lipinski definition) is 2. The Morgan fingerprint density at radius 3 is 2.18 bits per heavy atom. The van der Waals surface area contributed by atoms with Crippen molar-refractivity contribution in [2.45, 2.75) is 18.9 Å². The first-order chi connectivity index (χ1) is 12.9. The molecular weight excluding hydrogens is 412 g/mol. The SMILES string of the molecule is O=C(NCc1cn2cc(Cl)ccc2n1)c1cc(C(F)(F)F)cc(C(F)(F)F)c1. The number of hydrogen-bond donors (Lipinski definition) is 1. The zero-order chi connectivity index (χ0) is 20.7. The van der Waals surface area contributed by atoms with Gasteiger partial charge in [-0.25, -0.2) is 4.98 Å². The van der Waals surface area contributed by atoms with Gasteiger partial charge in [0.25, 0.3) is 5.91 Å². The summed E-state index contributed by atoms with van der Waals surface area (Å²) in [7, 11) is 0. The molecule has 0 radical (unpaired) electrons. The predicted octanol–water partition coefficient (Wildman–Crippen LogP) is 4.96. The Kier molecular flexibility index (Phi) is 5.00. The lowest BCUT2D eigenvalue weighted by molar-refractivity contribution is -0.143. The Morgan fingerprint density at radius 2 is 1.61 bits per heavy atom. The maximum atomic E-state index is 12.9. The van der Waals surface area contributed by atoms with Gasteiger partial charge in [0.15, 0.2) is 0 Å². The average Bonchev–Trinajstić information content (AvgIpc) is 2.99. The van der Waals surface area contributed by atoms with Gasteiger partial charge in [-0.2, -0.15) is 26.3 Å². The number of pyridine rings is 1. The summed E-state index contributed by atoms with van der Waals surface area (Å²) in [6.45, 7) is -0.199. The number of nitrogens with one attached hydrogen (secondary N) is 1.